The van der Waals surface area contributed by atoms with Crippen LogP contribution in [0.5, 0.6) is 11.5 Å². The largest absolute Gasteiger partial charge is 0.497 e. The molecule has 20 heavy (non-hydrogen) atoms. The zero-order valence-electron chi connectivity index (χ0n) is 12.1. The fourth-order valence-corrected chi connectivity index (χ4v) is 2.42. The maximum Gasteiger partial charge on any atom is 0.257 e. The molecule has 0 aromatic heterocycles. The number of amides is 1. The average molecular weight is 278 g/mol. The number of nitrogens with zero attached hydrogens (tertiary/aromatic N) is 1. The molecule has 1 aromatic carbocycles. The molecule has 5 heteroatoms. The summed E-state index contributed by atoms with van der Waals surface area (Å²) in [5.41, 5.74) is 6.20. The Morgan fingerprint density at radius 2 is 2.10 bits per heavy atom. The third kappa shape index (κ3) is 2.88. The molecule has 5 nitrogen and oxygen atoms in total. The van der Waals surface area contributed by atoms with Crippen molar-refractivity contribution in [3.63, 3.8) is 0 Å². The summed E-state index contributed by atoms with van der Waals surface area (Å²) in [6, 6.07) is 5.58. The van der Waals surface area contributed by atoms with Crippen molar-refractivity contribution in [1.82, 2.24) is 4.90 Å². The van der Waals surface area contributed by atoms with Gasteiger partial charge in [-0.05, 0) is 31.4 Å². The van der Waals surface area contributed by atoms with Crippen molar-refractivity contribution in [1.29, 1.82) is 0 Å². The first-order valence-corrected chi connectivity index (χ1v) is 6.94. The van der Waals surface area contributed by atoms with E-state index in [1.165, 1.54) is 6.42 Å². The molecule has 0 saturated heterocycles. The second-order valence-corrected chi connectivity index (χ2v) is 4.94. The van der Waals surface area contributed by atoms with Gasteiger partial charge in [0.1, 0.15) is 11.5 Å². The van der Waals surface area contributed by atoms with Crippen LogP contribution in [-0.4, -0.2) is 44.2 Å². The van der Waals surface area contributed by atoms with E-state index in [1.54, 1.807) is 32.4 Å². The number of nitrogens with two attached hydrogens (primary N) is 1. The number of hydrogen-bond acceptors (Lipinski definition) is 4. The third-order valence-corrected chi connectivity index (χ3v) is 3.79. The van der Waals surface area contributed by atoms with E-state index in [4.69, 9.17) is 15.2 Å². The van der Waals surface area contributed by atoms with Crippen LogP contribution in [0.2, 0.25) is 0 Å². The summed E-state index contributed by atoms with van der Waals surface area (Å²) in [7, 11) is 3.15. The molecule has 110 valence electrons. The summed E-state index contributed by atoms with van der Waals surface area (Å²) in [6.07, 6.45) is 3.30. The highest BCUT2D eigenvalue weighted by Gasteiger charge is 2.30. The number of benzene rings is 1. The van der Waals surface area contributed by atoms with Crippen molar-refractivity contribution < 1.29 is 14.3 Å². The van der Waals surface area contributed by atoms with E-state index >= 15 is 0 Å². The summed E-state index contributed by atoms with van der Waals surface area (Å²) in [6.45, 7) is 1.05. The molecule has 0 aliphatic heterocycles. The molecule has 1 fully saturated rings. The molecule has 1 amide bonds. The molecule has 1 aliphatic carbocycles. The lowest BCUT2D eigenvalue weighted by atomic mass is 9.91. The smallest absolute Gasteiger partial charge is 0.257 e. The predicted molar refractivity (Wildman–Crippen MR) is 77.3 cm³/mol. The first kappa shape index (κ1) is 14.7. The van der Waals surface area contributed by atoms with Gasteiger partial charge in [-0.15, -0.1) is 0 Å². The van der Waals surface area contributed by atoms with Gasteiger partial charge >= 0.3 is 0 Å². The number of carbonyl (C=O) groups is 1. The Labute approximate surface area is 119 Å². The summed E-state index contributed by atoms with van der Waals surface area (Å²) in [5.74, 6) is 1.20. The fourth-order valence-electron chi connectivity index (χ4n) is 2.42. The Bertz CT molecular complexity index is 472. The molecule has 1 aliphatic rings. The maximum atomic E-state index is 12.7. The molecule has 0 heterocycles. The molecule has 0 atom stereocenters. The van der Waals surface area contributed by atoms with E-state index in [0.29, 0.717) is 36.2 Å². The molecule has 0 radical (unpaired) electrons. The van der Waals surface area contributed by atoms with Crippen LogP contribution in [0.25, 0.3) is 0 Å². The van der Waals surface area contributed by atoms with E-state index in [1.807, 2.05) is 4.90 Å². The number of rotatable bonds is 6. The molecule has 0 unspecified atom stereocenters. The second-order valence-electron chi connectivity index (χ2n) is 4.94. The fraction of sp³-hybridized carbons (Fsp3) is 0.533. The highest BCUT2D eigenvalue weighted by molar-refractivity contribution is 5.97. The molecule has 0 bridgehead atoms. The minimum absolute atomic E-state index is 0.0142. The van der Waals surface area contributed by atoms with Gasteiger partial charge in [0.15, 0.2) is 0 Å². The van der Waals surface area contributed by atoms with Crippen LogP contribution in [0.1, 0.15) is 29.6 Å². The van der Waals surface area contributed by atoms with Crippen molar-refractivity contribution in [3.05, 3.63) is 23.8 Å². The topological polar surface area (TPSA) is 64.8 Å². The highest BCUT2D eigenvalue weighted by atomic mass is 16.5. The quantitative estimate of drug-likeness (QED) is 0.859. The first-order chi connectivity index (χ1) is 9.71. The third-order valence-electron chi connectivity index (χ3n) is 3.79. The van der Waals surface area contributed by atoms with Crippen LogP contribution in [0.4, 0.5) is 0 Å². The standard InChI is InChI=1S/C15H22N2O3/c1-19-12-6-7-13(14(10-12)20-2)15(18)17(9-8-16)11-4-3-5-11/h6-7,10-11H,3-5,8-9,16H2,1-2H3. The van der Waals surface area contributed by atoms with Crippen LogP contribution in [-0.2, 0) is 0 Å². The molecule has 2 rings (SSSR count). The van der Waals surface area contributed by atoms with E-state index in [9.17, 15) is 4.79 Å². The lowest BCUT2D eigenvalue weighted by molar-refractivity contribution is 0.0585. The van der Waals surface area contributed by atoms with Crippen molar-refractivity contribution >= 4 is 5.91 Å². The first-order valence-electron chi connectivity index (χ1n) is 6.94. The average Bonchev–Trinajstić information content (AvgIpc) is 2.43. The van der Waals surface area contributed by atoms with Crippen molar-refractivity contribution in [2.75, 3.05) is 27.3 Å². The van der Waals surface area contributed by atoms with Crippen LogP contribution in [0.3, 0.4) is 0 Å². The second kappa shape index (κ2) is 6.61. The lowest BCUT2D eigenvalue weighted by Crippen LogP contribution is -2.46. The monoisotopic (exact) mass is 278 g/mol. The minimum atomic E-state index is -0.0142. The zero-order valence-corrected chi connectivity index (χ0v) is 12.1. The van der Waals surface area contributed by atoms with Gasteiger partial charge in [-0.2, -0.15) is 0 Å². The molecule has 1 aromatic rings. The predicted octanol–water partition coefficient (Wildman–Crippen LogP) is 1.66. The van der Waals surface area contributed by atoms with Crippen LogP contribution in [0, 0.1) is 0 Å². The maximum absolute atomic E-state index is 12.7. The molecule has 1 saturated carbocycles. The number of methoxy groups -OCH3 is 2. The zero-order chi connectivity index (χ0) is 14.5. The molecular formula is C15H22N2O3. The van der Waals surface area contributed by atoms with Crippen LogP contribution < -0.4 is 15.2 Å². The van der Waals surface area contributed by atoms with Crippen LogP contribution >= 0.6 is 0 Å². The highest BCUT2D eigenvalue weighted by Crippen LogP contribution is 2.30. The van der Waals surface area contributed by atoms with Gasteiger partial charge in [0, 0.05) is 25.2 Å². The van der Waals surface area contributed by atoms with E-state index in [2.05, 4.69) is 0 Å². The van der Waals surface area contributed by atoms with Crippen molar-refractivity contribution in [3.8, 4) is 11.5 Å². The van der Waals surface area contributed by atoms with Gasteiger partial charge in [0.05, 0.1) is 19.8 Å². The van der Waals surface area contributed by atoms with Gasteiger partial charge in [-0.1, -0.05) is 0 Å². The Morgan fingerprint density at radius 1 is 1.35 bits per heavy atom. The Balaban J connectivity index is 2.25. The van der Waals surface area contributed by atoms with Crippen molar-refractivity contribution in [2.45, 2.75) is 25.3 Å². The van der Waals surface area contributed by atoms with Crippen LogP contribution in [0.15, 0.2) is 18.2 Å². The molecular weight excluding hydrogens is 256 g/mol. The van der Waals surface area contributed by atoms with Gasteiger partial charge in [-0.25, -0.2) is 0 Å². The van der Waals surface area contributed by atoms with Gasteiger partial charge in [0.2, 0.25) is 0 Å². The summed E-state index contributed by atoms with van der Waals surface area (Å²) < 4.78 is 10.5. The van der Waals surface area contributed by atoms with E-state index in [0.717, 1.165) is 12.8 Å². The minimum Gasteiger partial charge on any atom is -0.497 e. The summed E-state index contributed by atoms with van der Waals surface area (Å²) >= 11 is 0. The Kier molecular flexibility index (Phi) is 4.84. The van der Waals surface area contributed by atoms with E-state index in [-0.39, 0.29) is 5.91 Å². The number of hydrogen-bond donors (Lipinski definition) is 1. The van der Waals surface area contributed by atoms with Gasteiger partial charge in [0.25, 0.3) is 5.91 Å². The van der Waals surface area contributed by atoms with Crippen molar-refractivity contribution in [2.24, 2.45) is 5.73 Å². The lowest BCUT2D eigenvalue weighted by Gasteiger charge is -2.37. The van der Waals surface area contributed by atoms with Gasteiger partial charge in [-0.3, -0.25) is 4.79 Å². The number of carbonyl (C=O) groups excluding carboxylic acids is 1. The number of ether oxygens (including phenoxy) is 2. The van der Waals surface area contributed by atoms with Gasteiger partial charge < -0.3 is 20.1 Å². The SMILES string of the molecule is COc1ccc(C(=O)N(CCN)C2CCC2)c(OC)c1. The summed E-state index contributed by atoms with van der Waals surface area (Å²) in [5, 5.41) is 0. The normalized spacial score (nSPS) is 14.6. The Hall–Kier alpha value is -1.75. The molecule has 2 N–H and O–H groups in total. The van der Waals surface area contributed by atoms with E-state index < -0.39 is 0 Å². The summed E-state index contributed by atoms with van der Waals surface area (Å²) in [4.78, 5) is 14.6. The Morgan fingerprint density at radius 3 is 2.60 bits per heavy atom. The molecule has 0 spiro atoms.